The first kappa shape index (κ1) is 15.0. The molecule has 21 heavy (non-hydrogen) atoms. The second-order valence-electron chi connectivity index (χ2n) is 5.24. The van der Waals surface area contributed by atoms with Crippen molar-refractivity contribution in [3.63, 3.8) is 0 Å². The highest BCUT2D eigenvalue weighted by atomic mass is 16.2. The van der Waals surface area contributed by atoms with Crippen molar-refractivity contribution >= 4 is 5.91 Å². The minimum Gasteiger partial charge on any atom is -0.352 e. The van der Waals surface area contributed by atoms with Crippen LogP contribution in [0, 0.1) is 11.3 Å². The van der Waals surface area contributed by atoms with Crippen LogP contribution in [0.3, 0.4) is 0 Å². The zero-order valence-electron chi connectivity index (χ0n) is 12.2. The summed E-state index contributed by atoms with van der Waals surface area (Å²) in [4.78, 5) is 36.4. The molecule has 1 amide bonds. The van der Waals surface area contributed by atoms with E-state index >= 15 is 0 Å². The molecule has 0 unspecified atom stereocenters. The number of nitriles is 1. The Hall–Kier alpha value is -2.36. The SMILES string of the molecule is CC[C@H](C)NC(=O)Cn1c(=O)c(C#N)c2n(c1=O)CCC2. The normalized spacial score (nSPS) is 14.3. The molecule has 7 nitrogen and oxygen atoms in total. The number of carbonyl (C=O) groups is 1. The standard InChI is InChI=1S/C14H18N4O3/c1-3-9(2)16-12(19)8-18-13(20)10(7-15)11-5-4-6-17(11)14(18)21/h9H,3-6,8H2,1-2H3,(H,16,19)/t9-/m0/s1. The van der Waals surface area contributed by atoms with Gasteiger partial charge >= 0.3 is 5.69 Å². The first-order chi connectivity index (χ1) is 9.99. The van der Waals surface area contributed by atoms with Crippen LogP contribution in [-0.2, 0) is 24.3 Å². The Kier molecular flexibility index (Phi) is 4.26. The molecule has 1 atom stereocenters. The third-order valence-electron chi connectivity index (χ3n) is 3.76. The Morgan fingerprint density at radius 3 is 2.81 bits per heavy atom. The molecule has 0 spiro atoms. The summed E-state index contributed by atoms with van der Waals surface area (Å²) >= 11 is 0. The first-order valence-electron chi connectivity index (χ1n) is 7.05. The number of nitrogens with zero attached hydrogens (tertiary/aromatic N) is 3. The van der Waals surface area contributed by atoms with Gasteiger partial charge in [0.1, 0.15) is 18.2 Å². The summed E-state index contributed by atoms with van der Waals surface area (Å²) in [5, 5.41) is 11.8. The van der Waals surface area contributed by atoms with E-state index in [1.807, 2.05) is 19.9 Å². The van der Waals surface area contributed by atoms with Crippen molar-refractivity contribution in [1.29, 1.82) is 5.26 Å². The van der Waals surface area contributed by atoms with Crippen molar-refractivity contribution in [2.45, 2.75) is 52.2 Å². The molecule has 0 bridgehead atoms. The second-order valence-corrected chi connectivity index (χ2v) is 5.24. The van der Waals surface area contributed by atoms with Gasteiger partial charge in [-0.25, -0.2) is 9.36 Å². The Balaban J connectivity index is 2.42. The molecule has 0 fully saturated rings. The van der Waals surface area contributed by atoms with Crippen LogP contribution in [0.25, 0.3) is 0 Å². The number of amides is 1. The highest BCUT2D eigenvalue weighted by molar-refractivity contribution is 5.76. The summed E-state index contributed by atoms with van der Waals surface area (Å²) in [6.45, 7) is 3.90. The molecule has 0 saturated carbocycles. The van der Waals surface area contributed by atoms with E-state index in [0.29, 0.717) is 18.7 Å². The summed E-state index contributed by atoms with van der Waals surface area (Å²) in [7, 11) is 0. The molecule has 0 saturated heterocycles. The van der Waals surface area contributed by atoms with Crippen LogP contribution in [-0.4, -0.2) is 21.1 Å². The third-order valence-corrected chi connectivity index (χ3v) is 3.76. The fraction of sp³-hybridized carbons (Fsp3) is 0.571. The molecule has 2 heterocycles. The lowest BCUT2D eigenvalue weighted by atomic mass is 10.2. The summed E-state index contributed by atoms with van der Waals surface area (Å²) in [5.41, 5.74) is -0.713. The Labute approximate surface area is 121 Å². The molecule has 1 N–H and O–H groups in total. The predicted octanol–water partition coefficient (Wildman–Crippen LogP) is -0.257. The topological polar surface area (TPSA) is 96.9 Å². The van der Waals surface area contributed by atoms with Gasteiger partial charge in [0.25, 0.3) is 5.56 Å². The molecule has 0 radical (unpaired) electrons. The predicted molar refractivity (Wildman–Crippen MR) is 75.9 cm³/mol. The van der Waals surface area contributed by atoms with Gasteiger partial charge in [-0.05, 0) is 26.2 Å². The van der Waals surface area contributed by atoms with Gasteiger partial charge < -0.3 is 5.32 Å². The second kappa shape index (κ2) is 5.95. The number of fused-ring (bicyclic) bond motifs is 1. The quantitative estimate of drug-likeness (QED) is 0.826. The highest BCUT2D eigenvalue weighted by Crippen LogP contribution is 2.12. The minimum atomic E-state index is -0.671. The van der Waals surface area contributed by atoms with Crippen LogP contribution < -0.4 is 16.6 Å². The van der Waals surface area contributed by atoms with Gasteiger partial charge in [-0.2, -0.15) is 5.26 Å². The van der Waals surface area contributed by atoms with E-state index in [1.165, 1.54) is 4.57 Å². The lowest BCUT2D eigenvalue weighted by Crippen LogP contribution is -2.46. The van der Waals surface area contributed by atoms with Gasteiger partial charge in [0, 0.05) is 18.3 Å². The van der Waals surface area contributed by atoms with Crippen LogP contribution in [0.2, 0.25) is 0 Å². The van der Waals surface area contributed by atoms with E-state index in [-0.39, 0.29) is 18.2 Å². The fourth-order valence-corrected chi connectivity index (χ4v) is 2.45. The molecule has 0 aliphatic carbocycles. The molecule has 112 valence electrons. The van der Waals surface area contributed by atoms with Crippen LogP contribution in [0.4, 0.5) is 0 Å². The van der Waals surface area contributed by atoms with Crippen molar-refractivity contribution in [3.8, 4) is 6.07 Å². The first-order valence-corrected chi connectivity index (χ1v) is 7.05. The molecule has 1 aliphatic rings. The summed E-state index contributed by atoms with van der Waals surface area (Å²) in [5.74, 6) is -0.397. The maximum Gasteiger partial charge on any atom is 0.331 e. The summed E-state index contributed by atoms with van der Waals surface area (Å²) in [6.07, 6.45) is 2.03. The lowest BCUT2D eigenvalue weighted by Gasteiger charge is -2.13. The molecule has 7 heteroatoms. The van der Waals surface area contributed by atoms with Crippen molar-refractivity contribution in [2.75, 3.05) is 0 Å². The van der Waals surface area contributed by atoms with Gasteiger partial charge in [-0.1, -0.05) is 6.92 Å². The van der Waals surface area contributed by atoms with Gasteiger partial charge in [0.15, 0.2) is 0 Å². The largest absolute Gasteiger partial charge is 0.352 e. The lowest BCUT2D eigenvalue weighted by molar-refractivity contribution is -0.122. The van der Waals surface area contributed by atoms with Gasteiger partial charge in [0.05, 0.1) is 0 Å². The molecule has 1 aromatic heterocycles. The Morgan fingerprint density at radius 2 is 2.19 bits per heavy atom. The van der Waals surface area contributed by atoms with Crippen molar-refractivity contribution in [1.82, 2.24) is 14.5 Å². The van der Waals surface area contributed by atoms with Gasteiger partial charge in [-0.15, -0.1) is 0 Å². The monoisotopic (exact) mass is 290 g/mol. The van der Waals surface area contributed by atoms with Crippen molar-refractivity contribution in [3.05, 3.63) is 32.1 Å². The van der Waals surface area contributed by atoms with Crippen molar-refractivity contribution < 1.29 is 4.79 Å². The number of hydrogen-bond acceptors (Lipinski definition) is 4. The summed E-state index contributed by atoms with van der Waals surface area (Å²) in [6, 6.07) is 1.84. The average molecular weight is 290 g/mol. The van der Waals surface area contributed by atoms with E-state index < -0.39 is 17.2 Å². The highest BCUT2D eigenvalue weighted by Gasteiger charge is 2.23. The van der Waals surface area contributed by atoms with Crippen LogP contribution in [0.15, 0.2) is 9.59 Å². The van der Waals surface area contributed by atoms with Gasteiger partial charge in [-0.3, -0.25) is 14.2 Å². The van der Waals surface area contributed by atoms with Crippen molar-refractivity contribution in [2.24, 2.45) is 0 Å². The molecule has 0 aromatic carbocycles. The molecule has 1 aliphatic heterocycles. The average Bonchev–Trinajstić information content (AvgIpc) is 2.93. The maximum absolute atomic E-state index is 12.3. The number of rotatable bonds is 4. The zero-order valence-corrected chi connectivity index (χ0v) is 12.2. The van der Waals surface area contributed by atoms with Crippen LogP contribution in [0.5, 0.6) is 0 Å². The number of hydrogen-bond donors (Lipinski definition) is 1. The minimum absolute atomic E-state index is 0.0246. The molecule has 1 aromatic rings. The Morgan fingerprint density at radius 1 is 1.48 bits per heavy atom. The maximum atomic E-state index is 12.3. The number of aromatic nitrogens is 2. The van der Waals surface area contributed by atoms with Crippen LogP contribution in [0.1, 0.15) is 37.9 Å². The molecular weight excluding hydrogens is 272 g/mol. The zero-order chi connectivity index (χ0) is 15.6. The summed E-state index contributed by atoms with van der Waals surface area (Å²) < 4.78 is 2.28. The van der Waals surface area contributed by atoms with E-state index in [4.69, 9.17) is 5.26 Å². The van der Waals surface area contributed by atoms with E-state index in [1.54, 1.807) is 0 Å². The Bertz CT molecular complexity index is 723. The molecule has 2 rings (SSSR count). The molecular formula is C14H18N4O3. The van der Waals surface area contributed by atoms with Gasteiger partial charge in [0.2, 0.25) is 5.91 Å². The van der Waals surface area contributed by atoms with E-state index in [9.17, 15) is 14.4 Å². The van der Waals surface area contributed by atoms with E-state index in [0.717, 1.165) is 17.4 Å². The fourth-order valence-electron chi connectivity index (χ4n) is 2.45. The van der Waals surface area contributed by atoms with E-state index in [2.05, 4.69) is 5.32 Å². The smallest absolute Gasteiger partial charge is 0.331 e. The third kappa shape index (κ3) is 2.75. The van der Waals surface area contributed by atoms with Crippen LogP contribution >= 0.6 is 0 Å². The number of carbonyl (C=O) groups excluding carboxylic acids is 1. The number of nitrogens with one attached hydrogen (secondary N) is 1.